The van der Waals surface area contributed by atoms with Crippen molar-refractivity contribution >= 4 is 11.7 Å². The van der Waals surface area contributed by atoms with E-state index >= 15 is 0 Å². The van der Waals surface area contributed by atoms with E-state index in [4.69, 9.17) is 4.52 Å². The van der Waals surface area contributed by atoms with E-state index in [0.29, 0.717) is 11.7 Å². The number of carbonyl (C=O) groups is 1. The molecule has 3 aromatic rings. The van der Waals surface area contributed by atoms with Gasteiger partial charge in [0.2, 0.25) is 11.7 Å². The highest BCUT2D eigenvalue weighted by Gasteiger charge is 2.27. The molecule has 2 aromatic heterocycles. The van der Waals surface area contributed by atoms with E-state index in [2.05, 4.69) is 32.3 Å². The summed E-state index contributed by atoms with van der Waals surface area (Å²) in [5.74, 6) is 2.09. The van der Waals surface area contributed by atoms with E-state index in [1.54, 1.807) is 6.20 Å². The summed E-state index contributed by atoms with van der Waals surface area (Å²) in [5.41, 5.74) is 2.92. The Balaban J connectivity index is 1.46. The van der Waals surface area contributed by atoms with Crippen LogP contribution in [0.4, 0.5) is 5.82 Å². The van der Waals surface area contributed by atoms with Gasteiger partial charge in [0.05, 0.1) is 5.56 Å². The molecule has 7 nitrogen and oxygen atoms in total. The number of unbranched alkanes of at least 4 members (excludes halogenated alkanes) is 1. The van der Waals surface area contributed by atoms with Crippen molar-refractivity contribution in [3.05, 3.63) is 48.2 Å². The molecule has 1 amide bonds. The van der Waals surface area contributed by atoms with Crippen molar-refractivity contribution in [3.63, 3.8) is 0 Å². The second-order valence-corrected chi connectivity index (χ2v) is 8.07. The number of nitrogens with one attached hydrogen (secondary N) is 1. The predicted molar refractivity (Wildman–Crippen MR) is 121 cm³/mol. The molecule has 7 heteroatoms. The number of anilines is 1. The number of aromatic nitrogens is 3. The van der Waals surface area contributed by atoms with Gasteiger partial charge in [-0.25, -0.2) is 4.98 Å². The Bertz CT molecular complexity index is 1010. The Kier molecular flexibility index (Phi) is 6.60. The summed E-state index contributed by atoms with van der Waals surface area (Å²) >= 11 is 0. The van der Waals surface area contributed by atoms with Crippen molar-refractivity contribution in [1.29, 1.82) is 0 Å². The second kappa shape index (κ2) is 9.73. The lowest BCUT2D eigenvalue weighted by molar-refractivity contribution is -0.125. The van der Waals surface area contributed by atoms with Gasteiger partial charge < -0.3 is 14.7 Å². The zero-order valence-electron chi connectivity index (χ0n) is 18.2. The first-order valence-electron chi connectivity index (χ1n) is 11.0. The number of aryl methyl sites for hydroxylation is 1. The lowest BCUT2D eigenvalue weighted by atomic mass is 9.95. The molecule has 0 atom stereocenters. The molecule has 1 aliphatic heterocycles. The van der Waals surface area contributed by atoms with E-state index in [0.717, 1.165) is 62.3 Å². The molecule has 0 bridgehead atoms. The molecule has 162 valence electrons. The third-order valence-corrected chi connectivity index (χ3v) is 5.75. The number of amides is 1. The number of carbonyl (C=O) groups excluding carboxylic acids is 1. The number of pyridine rings is 1. The highest BCUT2D eigenvalue weighted by atomic mass is 16.5. The molecule has 1 saturated heterocycles. The van der Waals surface area contributed by atoms with Crippen LogP contribution in [-0.2, 0) is 4.79 Å². The summed E-state index contributed by atoms with van der Waals surface area (Å²) < 4.78 is 5.59. The number of piperidine rings is 1. The monoisotopic (exact) mass is 419 g/mol. The Hall–Kier alpha value is -3.22. The number of benzene rings is 1. The molecule has 0 unspecified atom stereocenters. The number of hydrogen-bond donors (Lipinski definition) is 1. The van der Waals surface area contributed by atoms with Gasteiger partial charge in [0, 0.05) is 37.3 Å². The predicted octanol–water partition coefficient (Wildman–Crippen LogP) is 4.24. The van der Waals surface area contributed by atoms with Gasteiger partial charge in [-0.15, -0.1) is 0 Å². The van der Waals surface area contributed by atoms with Gasteiger partial charge >= 0.3 is 0 Å². The Morgan fingerprint density at radius 3 is 2.71 bits per heavy atom. The molecule has 3 heterocycles. The number of rotatable bonds is 7. The normalized spacial score (nSPS) is 14.6. The van der Waals surface area contributed by atoms with Gasteiger partial charge in [0.15, 0.2) is 0 Å². The molecular weight excluding hydrogens is 390 g/mol. The first-order chi connectivity index (χ1) is 15.2. The minimum Gasteiger partial charge on any atom is -0.356 e. The number of hydrogen-bond acceptors (Lipinski definition) is 6. The van der Waals surface area contributed by atoms with Crippen LogP contribution in [0.25, 0.3) is 22.8 Å². The molecule has 31 heavy (non-hydrogen) atoms. The molecule has 0 spiro atoms. The first kappa shape index (κ1) is 21.0. The highest BCUT2D eigenvalue weighted by molar-refractivity contribution is 5.79. The van der Waals surface area contributed by atoms with Crippen molar-refractivity contribution in [1.82, 2.24) is 20.4 Å². The summed E-state index contributed by atoms with van der Waals surface area (Å²) in [7, 11) is 0. The van der Waals surface area contributed by atoms with E-state index in [1.807, 2.05) is 43.3 Å². The molecule has 1 N–H and O–H groups in total. The van der Waals surface area contributed by atoms with Crippen LogP contribution in [0.1, 0.15) is 38.2 Å². The topological polar surface area (TPSA) is 84.2 Å². The van der Waals surface area contributed by atoms with Crippen LogP contribution >= 0.6 is 0 Å². The van der Waals surface area contributed by atoms with Crippen molar-refractivity contribution in [2.45, 2.75) is 39.5 Å². The molecule has 1 aromatic carbocycles. The molecule has 4 rings (SSSR count). The van der Waals surface area contributed by atoms with Crippen LogP contribution in [-0.4, -0.2) is 40.7 Å². The Labute approximate surface area is 182 Å². The molecular formula is C24H29N5O2. The van der Waals surface area contributed by atoms with E-state index < -0.39 is 0 Å². The highest BCUT2D eigenvalue weighted by Crippen LogP contribution is 2.31. The van der Waals surface area contributed by atoms with Gasteiger partial charge in [-0.3, -0.25) is 4.79 Å². The minimum atomic E-state index is 0.0665. The fourth-order valence-electron chi connectivity index (χ4n) is 3.85. The maximum Gasteiger partial charge on any atom is 0.261 e. The maximum atomic E-state index is 12.4. The minimum absolute atomic E-state index is 0.0665. The van der Waals surface area contributed by atoms with Gasteiger partial charge in [0.25, 0.3) is 5.89 Å². The fourth-order valence-corrected chi connectivity index (χ4v) is 3.85. The number of nitrogens with zero attached hydrogens (tertiary/aromatic N) is 4. The molecule has 1 fully saturated rings. The van der Waals surface area contributed by atoms with Crippen LogP contribution in [0.5, 0.6) is 0 Å². The SMILES string of the molecule is CCCCNC(=O)C1CCN(c2ncccc2-c2nc(-c3ccc(C)cc3)no2)CC1. The van der Waals surface area contributed by atoms with Crippen molar-refractivity contribution in [2.24, 2.45) is 5.92 Å². The summed E-state index contributed by atoms with van der Waals surface area (Å²) in [6.45, 7) is 6.48. The van der Waals surface area contributed by atoms with Crippen molar-refractivity contribution < 1.29 is 9.32 Å². The fraction of sp³-hybridized carbons (Fsp3) is 0.417. The zero-order valence-corrected chi connectivity index (χ0v) is 18.2. The maximum absolute atomic E-state index is 12.4. The third kappa shape index (κ3) is 4.93. The Morgan fingerprint density at radius 2 is 1.97 bits per heavy atom. The molecule has 0 radical (unpaired) electrons. The smallest absolute Gasteiger partial charge is 0.261 e. The van der Waals surface area contributed by atoms with Crippen molar-refractivity contribution in [3.8, 4) is 22.8 Å². The average molecular weight is 420 g/mol. The summed E-state index contributed by atoms with van der Waals surface area (Å²) in [6, 6.07) is 11.9. The zero-order chi connectivity index (χ0) is 21.6. The molecule has 1 aliphatic rings. The lowest BCUT2D eigenvalue weighted by Gasteiger charge is -2.32. The van der Waals surface area contributed by atoms with Crippen LogP contribution in [0.15, 0.2) is 47.1 Å². The molecule has 0 aliphatic carbocycles. The van der Waals surface area contributed by atoms with Crippen LogP contribution in [0.2, 0.25) is 0 Å². The Morgan fingerprint density at radius 1 is 1.19 bits per heavy atom. The van der Waals surface area contributed by atoms with Gasteiger partial charge in [0.1, 0.15) is 5.82 Å². The average Bonchev–Trinajstić information content (AvgIpc) is 3.30. The van der Waals surface area contributed by atoms with Crippen LogP contribution < -0.4 is 10.2 Å². The van der Waals surface area contributed by atoms with E-state index in [1.165, 1.54) is 5.56 Å². The van der Waals surface area contributed by atoms with Crippen molar-refractivity contribution in [2.75, 3.05) is 24.5 Å². The summed E-state index contributed by atoms with van der Waals surface area (Å²) in [4.78, 5) is 23.8. The third-order valence-electron chi connectivity index (χ3n) is 5.75. The van der Waals surface area contributed by atoms with Gasteiger partial charge in [-0.2, -0.15) is 4.98 Å². The van der Waals surface area contributed by atoms with Crippen LogP contribution in [0, 0.1) is 12.8 Å². The largest absolute Gasteiger partial charge is 0.356 e. The first-order valence-corrected chi connectivity index (χ1v) is 11.0. The summed E-state index contributed by atoms with van der Waals surface area (Å²) in [5, 5.41) is 7.22. The molecule has 0 saturated carbocycles. The van der Waals surface area contributed by atoms with E-state index in [-0.39, 0.29) is 11.8 Å². The van der Waals surface area contributed by atoms with Gasteiger partial charge in [-0.1, -0.05) is 48.3 Å². The second-order valence-electron chi connectivity index (χ2n) is 8.07. The standard InChI is InChI=1S/C24H29N5O2/c1-3-4-13-26-23(30)19-11-15-29(16-12-19)22-20(6-5-14-25-22)24-27-21(28-31-24)18-9-7-17(2)8-10-18/h5-10,14,19H,3-4,11-13,15-16H2,1-2H3,(H,26,30). The van der Waals surface area contributed by atoms with Crippen LogP contribution in [0.3, 0.4) is 0 Å². The van der Waals surface area contributed by atoms with E-state index in [9.17, 15) is 4.79 Å². The lowest BCUT2D eigenvalue weighted by Crippen LogP contribution is -2.41. The van der Waals surface area contributed by atoms with Gasteiger partial charge in [-0.05, 0) is 38.3 Å². The summed E-state index contributed by atoms with van der Waals surface area (Å²) in [6.07, 6.45) is 5.51. The quantitative estimate of drug-likeness (QED) is 0.577.